The molecule has 2 aromatic rings. The first-order valence-electron chi connectivity index (χ1n) is 7.39. The predicted octanol–water partition coefficient (Wildman–Crippen LogP) is 2.48. The van der Waals surface area contributed by atoms with Crippen molar-refractivity contribution in [3.05, 3.63) is 47.4 Å². The molecular formula is C16H19ClN4O3S. The number of benzene rings is 1. The van der Waals surface area contributed by atoms with Gasteiger partial charge in [0, 0.05) is 30.5 Å². The quantitative estimate of drug-likeness (QED) is 0.876. The van der Waals surface area contributed by atoms with Gasteiger partial charge in [0.05, 0.1) is 11.2 Å². The molecule has 1 heterocycles. The SMILES string of the molecule is CN(C(=O)c1ccc(Cl)c(S(=O)(=O)NC(C)(C)C)c1)c1cnccn1. The van der Waals surface area contributed by atoms with Crippen LogP contribution < -0.4 is 9.62 Å². The van der Waals surface area contributed by atoms with Crippen LogP contribution in [-0.4, -0.2) is 36.9 Å². The number of sulfonamides is 1. The van der Waals surface area contributed by atoms with Crippen LogP contribution in [0, 0.1) is 0 Å². The number of aromatic nitrogens is 2. The first-order valence-corrected chi connectivity index (χ1v) is 9.25. The molecule has 0 fully saturated rings. The molecule has 0 aliphatic carbocycles. The number of amides is 1. The lowest BCUT2D eigenvalue weighted by Crippen LogP contribution is -2.40. The summed E-state index contributed by atoms with van der Waals surface area (Å²) in [6, 6.07) is 4.11. The molecule has 2 rings (SSSR count). The van der Waals surface area contributed by atoms with Crippen molar-refractivity contribution in [1.82, 2.24) is 14.7 Å². The fourth-order valence-electron chi connectivity index (χ4n) is 2.06. The summed E-state index contributed by atoms with van der Waals surface area (Å²) in [4.78, 5) is 21.7. The van der Waals surface area contributed by atoms with E-state index in [2.05, 4.69) is 14.7 Å². The highest BCUT2D eigenvalue weighted by atomic mass is 35.5. The molecule has 0 spiro atoms. The van der Waals surface area contributed by atoms with Crippen molar-refractivity contribution in [2.24, 2.45) is 0 Å². The van der Waals surface area contributed by atoms with Crippen molar-refractivity contribution < 1.29 is 13.2 Å². The van der Waals surface area contributed by atoms with E-state index in [-0.39, 0.29) is 15.5 Å². The van der Waals surface area contributed by atoms with Gasteiger partial charge in [-0.25, -0.2) is 18.1 Å². The van der Waals surface area contributed by atoms with Gasteiger partial charge in [0.1, 0.15) is 4.90 Å². The number of hydrogen-bond donors (Lipinski definition) is 1. The van der Waals surface area contributed by atoms with Crippen molar-refractivity contribution in [2.75, 3.05) is 11.9 Å². The van der Waals surface area contributed by atoms with Gasteiger partial charge in [-0.05, 0) is 39.0 Å². The number of nitrogens with zero attached hydrogens (tertiary/aromatic N) is 3. The van der Waals surface area contributed by atoms with Gasteiger partial charge in [0.2, 0.25) is 10.0 Å². The molecule has 0 saturated carbocycles. The average molecular weight is 383 g/mol. The maximum absolute atomic E-state index is 12.6. The molecule has 0 aliphatic heterocycles. The van der Waals surface area contributed by atoms with Crippen molar-refractivity contribution in [3.63, 3.8) is 0 Å². The Hall–Kier alpha value is -2.03. The van der Waals surface area contributed by atoms with Crippen LogP contribution in [0.2, 0.25) is 5.02 Å². The molecular weight excluding hydrogens is 364 g/mol. The maximum Gasteiger partial charge on any atom is 0.259 e. The van der Waals surface area contributed by atoms with Crippen LogP contribution in [0.5, 0.6) is 0 Å². The summed E-state index contributed by atoms with van der Waals surface area (Å²) in [5.41, 5.74) is -0.509. The monoisotopic (exact) mass is 382 g/mol. The molecule has 134 valence electrons. The molecule has 9 heteroatoms. The zero-order chi connectivity index (χ0) is 18.8. The number of halogens is 1. The van der Waals surface area contributed by atoms with Gasteiger partial charge < -0.3 is 0 Å². The minimum absolute atomic E-state index is 0.0375. The third-order valence-electron chi connectivity index (χ3n) is 3.11. The Labute approximate surface area is 152 Å². The van der Waals surface area contributed by atoms with E-state index in [1.54, 1.807) is 20.8 Å². The first kappa shape index (κ1) is 19.3. The largest absolute Gasteiger partial charge is 0.295 e. The first-order chi connectivity index (χ1) is 11.5. The summed E-state index contributed by atoms with van der Waals surface area (Å²) in [5.74, 6) is -0.0796. The topological polar surface area (TPSA) is 92.3 Å². The predicted molar refractivity (Wildman–Crippen MR) is 96.3 cm³/mol. The lowest BCUT2D eigenvalue weighted by atomic mass is 10.1. The number of nitrogens with one attached hydrogen (secondary N) is 1. The van der Waals surface area contributed by atoms with Crippen molar-refractivity contribution >= 4 is 33.3 Å². The van der Waals surface area contributed by atoms with Crippen molar-refractivity contribution in [1.29, 1.82) is 0 Å². The van der Waals surface area contributed by atoms with Gasteiger partial charge in [-0.3, -0.25) is 14.7 Å². The van der Waals surface area contributed by atoms with Gasteiger partial charge in [-0.2, -0.15) is 0 Å². The van der Waals surface area contributed by atoms with Gasteiger partial charge in [0.15, 0.2) is 5.82 Å². The van der Waals surface area contributed by atoms with E-state index in [1.165, 1.54) is 48.7 Å². The average Bonchev–Trinajstić information content (AvgIpc) is 2.52. The summed E-state index contributed by atoms with van der Waals surface area (Å²) in [7, 11) is -2.35. The fraction of sp³-hybridized carbons (Fsp3) is 0.312. The van der Waals surface area contributed by atoms with Crippen LogP contribution in [0.4, 0.5) is 5.82 Å². The van der Waals surface area contributed by atoms with E-state index >= 15 is 0 Å². The van der Waals surface area contributed by atoms with Crippen LogP contribution in [0.25, 0.3) is 0 Å². The Morgan fingerprint density at radius 2 is 1.92 bits per heavy atom. The molecule has 0 unspecified atom stereocenters. The van der Waals surface area contributed by atoms with E-state index in [0.717, 1.165) is 0 Å². The molecule has 0 saturated heterocycles. The van der Waals surface area contributed by atoms with Crippen molar-refractivity contribution in [2.45, 2.75) is 31.2 Å². The fourth-order valence-corrected chi connectivity index (χ4v) is 4.01. The van der Waals surface area contributed by atoms with Crippen LogP contribution in [0.15, 0.2) is 41.7 Å². The molecule has 7 nitrogen and oxygen atoms in total. The summed E-state index contributed by atoms with van der Waals surface area (Å²) in [5, 5.41) is 0.0375. The Bertz CT molecular complexity index is 880. The molecule has 25 heavy (non-hydrogen) atoms. The number of anilines is 1. The summed E-state index contributed by atoms with van der Waals surface area (Å²) >= 11 is 6.04. The van der Waals surface area contributed by atoms with E-state index in [1.807, 2.05) is 0 Å². The Balaban J connectivity index is 2.40. The molecule has 1 N–H and O–H groups in total. The van der Waals surface area contributed by atoms with Crippen LogP contribution in [-0.2, 0) is 10.0 Å². The number of rotatable bonds is 4. The molecule has 0 atom stereocenters. The second kappa shape index (κ2) is 7.07. The third-order valence-corrected chi connectivity index (χ3v) is 5.35. The molecule has 0 aliphatic rings. The second-order valence-electron chi connectivity index (χ2n) is 6.43. The van der Waals surface area contributed by atoms with E-state index in [0.29, 0.717) is 5.82 Å². The smallest absolute Gasteiger partial charge is 0.259 e. The lowest BCUT2D eigenvalue weighted by Gasteiger charge is -2.21. The van der Waals surface area contributed by atoms with Crippen molar-refractivity contribution in [3.8, 4) is 0 Å². The normalized spacial score (nSPS) is 12.0. The standard InChI is InChI=1S/C16H19ClN4O3S/c1-16(2,3)20-25(23,24)13-9-11(5-6-12(13)17)15(22)21(4)14-10-18-7-8-19-14/h5-10,20H,1-4H3. The molecule has 0 bridgehead atoms. The summed E-state index contributed by atoms with van der Waals surface area (Å²) < 4.78 is 27.6. The Kier molecular flexibility index (Phi) is 5.46. The van der Waals surface area contributed by atoms with Gasteiger partial charge in [0.25, 0.3) is 5.91 Å². The Morgan fingerprint density at radius 3 is 2.48 bits per heavy atom. The Morgan fingerprint density at radius 1 is 1.24 bits per heavy atom. The zero-order valence-electron chi connectivity index (χ0n) is 14.3. The second-order valence-corrected chi connectivity index (χ2v) is 8.49. The van der Waals surface area contributed by atoms with Crippen LogP contribution >= 0.6 is 11.6 Å². The van der Waals surface area contributed by atoms with Gasteiger partial charge >= 0.3 is 0 Å². The number of hydrogen-bond acceptors (Lipinski definition) is 5. The highest BCUT2D eigenvalue weighted by Gasteiger charge is 2.26. The third kappa shape index (κ3) is 4.75. The lowest BCUT2D eigenvalue weighted by molar-refractivity contribution is 0.0992. The van der Waals surface area contributed by atoms with Crippen LogP contribution in [0.3, 0.4) is 0 Å². The highest BCUT2D eigenvalue weighted by Crippen LogP contribution is 2.25. The highest BCUT2D eigenvalue weighted by molar-refractivity contribution is 7.89. The maximum atomic E-state index is 12.6. The minimum atomic E-state index is -3.88. The summed E-state index contributed by atoms with van der Waals surface area (Å²) in [6.07, 6.45) is 4.39. The molecule has 1 amide bonds. The molecule has 1 aromatic carbocycles. The minimum Gasteiger partial charge on any atom is -0.295 e. The number of carbonyl (C=O) groups excluding carboxylic acids is 1. The number of carbonyl (C=O) groups is 1. The summed E-state index contributed by atoms with van der Waals surface area (Å²) in [6.45, 7) is 5.15. The molecule has 1 aromatic heterocycles. The van der Waals surface area contributed by atoms with Crippen LogP contribution in [0.1, 0.15) is 31.1 Å². The van der Waals surface area contributed by atoms with E-state index < -0.39 is 21.5 Å². The van der Waals surface area contributed by atoms with Gasteiger partial charge in [-0.1, -0.05) is 11.6 Å². The molecule has 0 radical (unpaired) electrons. The van der Waals surface area contributed by atoms with E-state index in [4.69, 9.17) is 11.6 Å². The zero-order valence-corrected chi connectivity index (χ0v) is 15.9. The van der Waals surface area contributed by atoms with Gasteiger partial charge in [-0.15, -0.1) is 0 Å². The van der Waals surface area contributed by atoms with E-state index in [9.17, 15) is 13.2 Å².